The number of rotatable bonds is 3. The summed E-state index contributed by atoms with van der Waals surface area (Å²) in [6, 6.07) is 14.7. The van der Waals surface area contributed by atoms with Crippen LogP contribution < -0.4 is 0 Å². The van der Waals surface area contributed by atoms with Gasteiger partial charge in [-0.15, -0.1) is 0 Å². The molecule has 2 rings (SSSR count). The number of hydrogen-bond donors (Lipinski definition) is 0. The highest BCUT2D eigenvalue weighted by atomic mass is 79.9. The Bertz CT molecular complexity index is 731. The van der Waals surface area contributed by atoms with Crippen molar-refractivity contribution in [1.82, 2.24) is 0 Å². The second-order valence-electron chi connectivity index (χ2n) is 3.89. The maximum absolute atomic E-state index is 12.5. The molecule has 0 fully saturated rings. The third-order valence-electron chi connectivity index (χ3n) is 2.68. The molecule has 5 heteroatoms. The zero-order chi connectivity index (χ0) is 13.9. The van der Waals surface area contributed by atoms with E-state index in [0.717, 1.165) is 5.56 Å². The monoisotopic (exact) mass is 335 g/mol. The fraction of sp³-hybridized carbons (Fsp3) is 0.0714. The lowest BCUT2D eigenvalue weighted by atomic mass is 10.2. The minimum atomic E-state index is -3.64. The van der Waals surface area contributed by atoms with Crippen LogP contribution in [0.1, 0.15) is 11.1 Å². The molecule has 0 atom stereocenters. The minimum Gasteiger partial charge on any atom is -0.218 e. The lowest BCUT2D eigenvalue weighted by molar-refractivity contribution is 0.596. The standard InChI is InChI=1S/C14H10BrNO2S/c15-9-11-5-7-13(8-6-11)19(17,18)14-4-2-1-3-12(14)10-16/h1-8H,9H2. The van der Waals surface area contributed by atoms with Crippen molar-refractivity contribution < 1.29 is 8.42 Å². The molecular weight excluding hydrogens is 326 g/mol. The van der Waals surface area contributed by atoms with Crippen molar-refractivity contribution in [2.45, 2.75) is 15.1 Å². The molecule has 0 aromatic heterocycles. The van der Waals surface area contributed by atoms with Crippen LogP contribution in [0.2, 0.25) is 0 Å². The summed E-state index contributed by atoms with van der Waals surface area (Å²) < 4.78 is 24.9. The van der Waals surface area contributed by atoms with Crippen molar-refractivity contribution in [3.63, 3.8) is 0 Å². The van der Waals surface area contributed by atoms with Gasteiger partial charge >= 0.3 is 0 Å². The average molecular weight is 336 g/mol. The van der Waals surface area contributed by atoms with Crippen LogP contribution in [0.15, 0.2) is 58.3 Å². The van der Waals surface area contributed by atoms with Crippen LogP contribution in [0.3, 0.4) is 0 Å². The van der Waals surface area contributed by atoms with Crippen LogP contribution in [-0.4, -0.2) is 8.42 Å². The zero-order valence-corrected chi connectivity index (χ0v) is 12.3. The van der Waals surface area contributed by atoms with Crippen molar-refractivity contribution in [3.8, 4) is 6.07 Å². The molecule has 2 aromatic rings. The highest BCUT2D eigenvalue weighted by Gasteiger charge is 2.20. The summed E-state index contributed by atoms with van der Waals surface area (Å²) in [6.45, 7) is 0. The van der Waals surface area contributed by atoms with Crippen molar-refractivity contribution >= 4 is 25.8 Å². The number of halogens is 1. The molecule has 3 nitrogen and oxygen atoms in total. The first-order valence-corrected chi connectivity index (χ1v) is 8.09. The summed E-state index contributed by atoms with van der Waals surface area (Å²) in [4.78, 5) is 0.240. The molecule has 0 bridgehead atoms. The topological polar surface area (TPSA) is 57.9 Å². The van der Waals surface area contributed by atoms with Crippen molar-refractivity contribution in [1.29, 1.82) is 5.26 Å². The maximum Gasteiger partial charge on any atom is 0.207 e. The Balaban J connectivity index is 2.56. The number of sulfone groups is 1. The molecule has 0 aliphatic rings. The minimum absolute atomic E-state index is 0.0455. The number of hydrogen-bond acceptors (Lipinski definition) is 3. The van der Waals surface area contributed by atoms with Crippen molar-refractivity contribution in [3.05, 3.63) is 59.7 Å². The second kappa shape index (κ2) is 5.55. The Kier molecular flexibility index (Phi) is 4.03. The largest absolute Gasteiger partial charge is 0.218 e. The predicted octanol–water partition coefficient (Wildman–Crippen LogP) is 3.29. The Labute approximate surface area is 120 Å². The molecule has 0 aliphatic heterocycles. The van der Waals surface area contributed by atoms with Crippen LogP contribution in [0.5, 0.6) is 0 Å². The van der Waals surface area contributed by atoms with Gasteiger partial charge in [0.2, 0.25) is 9.84 Å². The first kappa shape index (κ1) is 13.8. The van der Waals surface area contributed by atoms with Crippen LogP contribution in [0.25, 0.3) is 0 Å². The van der Waals surface area contributed by atoms with Crippen LogP contribution >= 0.6 is 15.9 Å². The summed E-state index contributed by atoms with van der Waals surface area (Å²) in [5, 5.41) is 9.66. The Morgan fingerprint density at radius 3 is 2.26 bits per heavy atom. The van der Waals surface area contributed by atoms with Gasteiger partial charge in [0, 0.05) is 5.33 Å². The van der Waals surface area contributed by atoms with E-state index in [1.807, 2.05) is 6.07 Å². The Hall–Kier alpha value is -1.64. The number of nitriles is 1. The molecule has 0 unspecified atom stereocenters. The van der Waals surface area contributed by atoms with E-state index in [1.54, 1.807) is 36.4 Å². The molecule has 0 amide bonds. The van der Waals surface area contributed by atoms with E-state index in [-0.39, 0.29) is 15.4 Å². The molecule has 0 N–H and O–H groups in total. The maximum atomic E-state index is 12.5. The predicted molar refractivity (Wildman–Crippen MR) is 75.7 cm³/mol. The van der Waals surface area contributed by atoms with E-state index in [0.29, 0.717) is 5.33 Å². The molecule has 96 valence electrons. The third-order valence-corrected chi connectivity index (χ3v) is 5.16. The van der Waals surface area contributed by atoms with E-state index in [1.165, 1.54) is 12.1 Å². The van der Waals surface area contributed by atoms with Gasteiger partial charge in [-0.25, -0.2) is 8.42 Å². The third kappa shape index (κ3) is 2.70. The Morgan fingerprint density at radius 2 is 1.68 bits per heavy atom. The highest BCUT2D eigenvalue weighted by Crippen LogP contribution is 2.24. The summed E-state index contributed by atoms with van der Waals surface area (Å²) in [6.07, 6.45) is 0. The van der Waals surface area contributed by atoms with E-state index in [9.17, 15) is 8.42 Å². The molecule has 0 heterocycles. The van der Waals surface area contributed by atoms with Gasteiger partial charge in [0.25, 0.3) is 0 Å². The van der Waals surface area contributed by atoms with Crippen LogP contribution in [-0.2, 0) is 15.2 Å². The quantitative estimate of drug-likeness (QED) is 0.808. The van der Waals surface area contributed by atoms with Gasteiger partial charge in [0.15, 0.2) is 0 Å². The fourth-order valence-corrected chi connectivity index (χ4v) is 3.46. The molecule has 0 radical (unpaired) electrons. The molecular formula is C14H10BrNO2S. The summed E-state index contributed by atoms with van der Waals surface area (Å²) >= 11 is 3.31. The lowest BCUT2D eigenvalue weighted by Gasteiger charge is -2.06. The first-order valence-electron chi connectivity index (χ1n) is 5.48. The van der Waals surface area contributed by atoms with Gasteiger partial charge in [-0.05, 0) is 29.8 Å². The molecule has 0 saturated heterocycles. The van der Waals surface area contributed by atoms with E-state index >= 15 is 0 Å². The van der Waals surface area contributed by atoms with Gasteiger partial charge in [0.05, 0.1) is 15.4 Å². The summed E-state index contributed by atoms with van der Waals surface area (Å²) in [7, 11) is -3.64. The normalized spacial score (nSPS) is 10.9. The summed E-state index contributed by atoms with van der Waals surface area (Å²) in [5.41, 5.74) is 1.15. The van der Waals surface area contributed by atoms with Gasteiger partial charge in [-0.1, -0.05) is 40.2 Å². The summed E-state index contributed by atoms with van der Waals surface area (Å²) in [5.74, 6) is 0. The highest BCUT2D eigenvalue weighted by molar-refractivity contribution is 9.08. The second-order valence-corrected chi connectivity index (χ2v) is 6.37. The van der Waals surface area contributed by atoms with Gasteiger partial charge in [-0.3, -0.25) is 0 Å². The number of nitrogens with zero attached hydrogens (tertiary/aromatic N) is 1. The number of alkyl halides is 1. The number of benzene rings is 2. The molecule has 0 saturated carbocycles. The smallest absolute Gasteiger partial charge is 0.207 e. The molecule has 0 spiro atoms. The van der Waals surface area contributed by atoms with Crippen molar-refractivity contribution in [2.24, 2.45) is 0 Å². The van der Waals surface area contributed by atoms with E-state index < -0.39 is 9.84 Å². The molecule has 2 aromatic carbocycles. The van der Waals surface area contributed by atoms with E-state index in [2.05, 4.69) is 15.9 Å². The molecule has 19 heavy (non-hydrogen) atoms. The lowest BCUT2D eigenvalue weighted by Crippen LogP contribution is -2.04. The Morgan fingerprint density at radius 1 is 1.05 bits per heavy atom. The van der Waals surface area contributed by atoms with Gasteiger partial charge in [0.1, 0.15) is 6.07 Å². The first-order chi connectivity index (χ1) is 9.09. The van der Waals surface area contributed by atoms with Crippen LogP contribution in [0, 0.1) is 11.3 Å². The SMILES string of the molecule is N#Cc1ccccc1S(=O)(=O)c1ccc(CBr)cc1. The van der Waals surface area contributed by atoms with E-state index in [4.69, 9.17) is 5.26 Å². The average Bonchev–Trinajstić information content (AvgIpc) is 2.47. The fourth-order valence-electron chi connectivity index (χ4n) is 1.68. The zero-order valence-electron chi connectivity index (χ0n) is 9.88. The molecule has 0 aliphatic carbocycles. The van der Waals surface area contributed by atoms with Crippen LogP contribution in [0.4, 0.5) is 0 Å². The van der Waals surface area contributed by atoms with Gasteiger partial charge < -0.3 is 0 Å². The van der Waals surface area contributed by atoms with Crippen molar-refractivity contribution in [2.75, 3.05) is 0 Å². The van der Waals surface area contributed by atoms with Gasteiger partial charge in [-0.2, -0.15) is 5.26 Å².